The Morgan fingerprint density at radius 1 is 1.05 bits per heavy atom. The fraction of sp³-hybridized carbons (Fsp3) is 0.303. The van der Waals surface area contributed by atoms with E-state index in [2.05, 4.69) is 40.1 Å². The van der Waals surface area contributed by atoms with Crippen molar-refractivity contribution in [3.63, 3.8) is 0 Å². The van der Waals surface area contributed by atoms with E-state index in [9.17, 15) is 9.90 Å². The molecule has 6 nitrogen and oxygen atoms in total. The van der Waals surface area contributed by atoms with E-state index in [-0.39, 0.29) is 38.4 Å². The van der Waals surface area contributed by atoms with E-state index in [1.165, 1.54) is 0 Å². The smallest absolute Gasteiger partial charge is 0.791 e. The molecule has 1 radical (unpaired) electrons. The fourth-order valence-electron chi connectivity index (χ4n) is 4.10. The van der Waals surface area contributed by atoms with Gasteiger partial charge in [0.15, 0.2) is 0 Å². The van der Waals surface area contributed by atoms with Gasteiger partial charge in [-0.3, -0.25) is 4.79 Å². The molecule has 1 amide bonds. The van der Waals surface area contributed by atoms with Gasteiger partial charge in [-0.1, -0.05) is 42.2 Å². The largest absolute Gasteiger partial charge is 1.00 e. The number of aryl methyl sites for hydroxylation is 1. The van der Waals surface area contributed by atoms with Gasteiger partial charge in [0.2, 0.25) is 0 Å². The number of carbonyl (C=O) groups is 1. The number of aliphatic hydroxyl groups is 1. The summed E-state index contributed by atoms with van der Waals surface area (Å²) in [5.74, 6) is 7.31. The Hall–Kier alpha value is -3.06. The molecule has 0 aliphatic rings. The Morgan fingerprint density at radius 3 is 2.41 bits per heavy atom. The molecule has 0 saturated carbocycles. The summed E-state index contributed by atoms with van der Waals surface area (Å²) in [6.07, 6.45) is 2.33. The maximum Gasteiger partial charge on any atom is 1.00 e. The summed E-state index contributed by atoms with van der Waals surface area (Å²) in [7, 11) is 1.90. The number of aromatic nitrogens is 1. The molecule has 3 aromatic carbocycles. The number of para-hydroxylation sites is 1. The molecule has 4 rings (SSSR count). The van der Waals surface area contributed by atoms with Crippen molar-refractivity contribution < 1.29 is 34.4 Å². The summed E-state index contributed by atoms with van der Waals surface area (Å²) >= 11 is 4.59. The van der Waals surface area contributed by atoms with E-state index in [1.54, 1.807) is 12.1 Å². The van der Waals surface area contributed by atoms with E-state index in [0.717, 1.165) is 39.9 Å². The molecule has 4 aromatic rings. The minimum atomic E-state index is -0.448. The quantitative estimate of drug-likeness (QED) is 0.147. The van der Waals surface area contributed by atoms with Crippen LogP contribution in [0.15, 0.2) is 72.9 Å². The average Bonchev–Trinajstić information content (AvgIpc) is 3.35. The van der Waals surface area contributed by atoms with Crippen molar-refractivity contribution >= 4 is 29.4 Å². The summed E-state index contributed by atoms with van der Waals surface area (Å²) in [5.41, 5.74) is 5.23. The van der Waals surface area contributed by atoms with E-state index in [4.69, 9.17) is 4.74 Å². The van der Waals surface area contributed by atoms with E-state index in [0.29, 0.717) is 23.3 Å². The van der Waals surface area contributed by atoms with Gasteiger partial charge in [0.1, 0.15) is 5.75 Å². The number of H-pyrrole nitrogens is 1. The minimum Gasteiger partial charge on any atom is -0.791 e. The molecule has 1 atom stereocenters. The zero-order chi connectivity index (χ0) is 28.9. The van der Waals surface area contributed by atoms with Crippen molar-refractivity contribution in [2.24, 2.45) is 0 Å². The third-order valence-corrected chi connectivity index (χ3v) is 6.21. The summed E-state index contributed by atoms with van der Waals surface area (Å²) in [6.45, 7) is 6.63. The molecule has 0 bridgehead atoms. The molecule has 1 aromatic heterocycles. The topological polar surface area (TPSA) is 86.4 Å². The standard InChI is InChI=1S/C30H30N2O3.C3H9NS.Os/c1-20(2)35-29-14-13-23(12-11-22-8-6-7-21(3)15-22)16-27(29)30(34)32-25(19-33)17-24-18-31-28-10-5-4-9-26(24)28;1-4-2-3-5;/h4-10,13-16,18,20,25,31,33H,17,19H2,1-3H3,(H,32,34);4-5H,2-3H2,1H3;/q;;+1/p-1. The zero-order valence-electron chi connectivity index (χ0n) is 23.9. The van der Waals surface area contributed by atoms with Gasteiger partial charge in [-0.25, -0.2) is 0 Å². The number of rotatable bonds is 9. The number of hydrogen-bond acceptors (Lipinski definition) is 5. The number of benzene rings is 3. The Morgan fingerprint density at radius 2 is 1.78 bits per heavy atom. The monoisotopic (exact) mass is 748 g/mol. The molecular weight excluding hydrogens is 709 g/mol. The summed E-state index contributed by atoms with van der Waals surface area (Å²) in [6, 6.07) is 20.9. The van der Waals surface area contributed by atoms with Crippen LogP contribution in [0, 0.1) is 18.8 Å². The van der Waals surface area contributed by atoms with Crippen LogP contribution in [0.2, 0.25) is 0 Å². The second-order valence-corrected chi connectivity index (χ2v) is 10.1. The second-order valence-electron chi connectivity index (χ2n) is 9.72. The summed E-state index contributed by atoms with van der Waals surface area (Å²) < 4.78 is 5.90. The molecule has 0 fully saturated rings. The Balaban J connectivity index is 0.000000902. The van der Waals surface area contributed by atoms with Crippen molar-refractivity contribution in [1.29, 1.82) is 0 Å². The van der Waals surface area contributed by atoms with Gasteiger partial charge in [0.05, 0.1) is 24.3 Å². The number of amides is 1. The third-order valence-electron chi connectivity index (χ3n) is 6.01. The molecular formula is C33H38N3O3OsS. The van der Waals surface area contributed by atoms with Crippen LogP contribution in [0.5, 0.6) is 5.75 Å². The first-order valence-corrected chi connectivity index (χ1v) is 14.0. The average molecular weight is 747 g/mol. The molecule has 41 heavy (non-hydrogen) atoms. The number of carbonyl (C=O) groups excluding carboxylic acids is 1. The van der Waals surface area contributed by atoms with Crippen molar-refractivity contribution in [3.8, 4) is 17.6 Å². The van der Waals surface area contributed by atoms with Gasteiger partial charge < -0.3 is 38.1 Å². The van der Waals surface area contributed by atoms with E-state index >= 15 is 0 Å². The SMILES string of the molecule is CNCC[S-].Cc1cccc(C#Cc2ccc(OC(C)C)c(C(=O)NC(CO)Cc3c[nH]c4ccccc34)c2)c1.[Os+]. The number of aliphatic hydroxyl groups excluding tert-OH is 1. The molecule has 1 unspecified atom stereocenters. The maximum atomic E-state index is 13.3. The number of hydrogen-bond donors (Lipinski definition) is 4. The maximum absolute atomic E-state index is 13.3. The summed E-state index contributed by atoms with van der Waals surface area (Å²) in [5, 5.41) is 17.0. The van der Waals surface area contributed by atoms with E-state index < -0.39 is 6.04 Å². The van der Waals surface area contributed by atoms with Crippen molar-refractivity contribution in [2.75, 3.05) is 26.0 Å². The van der Waals surface area contributed by atoms with E-state index in [1.807, 2.05) is 88.6 Å². The normalized spacial score (nSPS) is 11.0. The van der Waals surface area contributed by atoms with Gasteiger partial charge in [-0.15, -0.1) is 0 Å². The van der Waals surface area contributed by atoms with Gasteiger partial charge in [-0.2, -0.15) is 5.75 Å². The molecule has 217 valence electrons. The Kier molecular flexibility index (Phi) is 14.7. The third kappa shape index (κ3) is 10.7. The van der Waals surface area contributed by atoms with Crippen LogP contribution >= 0.6 is 0 Å². The Bertz CT molecular complexity index is 1460. The number of aromatic amines is 1. The molecule has 1 heterocycles. The van der Waals surface area contributed by atoms with Gasteiger partial charge in [0, 0.05) is 28.2 Å². The van der Waals surface area contributed by atoms with Crippen LogP contribution in [0.4, 0.5) is 0 Å². The zero-order valence-corrected chi connectivity index (χ0v) is 27.3. The molecule has 0 aliphatic carbocycles. The predicted octanol–water partition coefficient (Wildman–Crippen LogP) is 4.75. The van der Waals surface area contributed by atoms with Crippen LogP contribution in [-0.2, 0) is 38.8 Å². The van der Waals surface area contributed by atoms with Crippen LogP contribution < -0.4 is 15.4 Å². The first kappa shape index (κ1) is 34.1. The van der Waals surface area contributed by atoms with Gasteiger partial charge >= 0.3 is 19.8 Å². The number of fused-ring (bicyclic) bond motifs is 1. The van der Waals surface area contributed by atoms with Gasteiger partial charge in [-0.05, 0) is 88.3 Å². The number of nitrogens with one attached hydrogen (secondary N) is 3. The summed E-state index contributed by atoms with van der Waals surface area (Å²) in [4.78, 5) is 16.6. The van der Waals surface area contributed by atoms with Crippen molar-refractivity contribution in [3.05, 3.63) is 101 Å². The van der Waals surface area contributed by atoms with Crippen LogP contribution in [0.1, 0.15) is 46.5 Å². The van der Waals surface area contributed by atoms with Crippen molar-refractivity contribution in [2.45, 2.75) is 39.3 Å². The molecule has 8 heteroatoms. The molecule has 0 saturated heterocycles. The minimum absolute atomic E-state index is 0. The van der Waals surface area contributed by atoms with Crippen molar-refractivity contribution in [1.82, 2.24) is 15.6 Å². The first-order chi connectivity index (χ1) is 19.3. The predicted molar refractivity (Wildman–Crippen MR) is 166 cm³/mol. The first-order valence-electron chi connectivity index (χ1n) is 13.4. The van der Waals surface area contributed by atoms with Crippen LogP contribution in [0.25, 0.3) is 10.9 Å². The van der Waals surface area contributed by atoms with Gasteiger partial charge in [0.25, 0.3) is 5.91 Å². The molecule has 0 aliphatic heterocycles. The Labute approximate surface area is 262 Å². The fourth-order valence-corrected chi connectivity index (χ4v) is 4.31. The molecule has 4 N–H and O–H groups in total. The molecule has 0 spiro atoms. The second kappa shape index (κ2) is 17.7. The van der Waals surface area contributed by atoms with Crippen LogP contribution in [-0.4, -0.2) is 54.1 Å². The number of ether oxygens (including phenoxy) is 1. The van der Waals surface area contributed by atoms with Crippen LogP contribution in [0.3, 0.4) is 0 Å².